The van der Waals surface area contributed by atoms with Crippen molar-refractivity contribution in [1.82, 2.24) is 44.9 Å². The average Bonchev–Trinajstić information content (AvgIpc) is 0.826. The molecule has 0 bridgehead atoms. The number of anilines is 1. The van der Waals surface area contributed by atoms with Gasteiger partial charge in [-0.25, -0.2) is 39.1 Å². The van der Waals surface area contributed by atoms with Gasteiger partial charge in [-0.05, 0) is 231 Å². The number of piperidine rings is 4. The van der Waals surface area contributed by atoms with Gasteiger partial charge in [0.1, 0.15) is 5.78 Å². The number of aliphatic hydroxyl groups excluding tert-OH is 2. The Balaban J connectivity index is 0.000000689. The molecule has 4 fully saturated rings. The largest absolute Gasteiger partial charge is 0.447 e. The van der Waals surface area contributed by atoms with Gasteiger partial charge in [0.15, 0.2) is 0 Å². The predicted octanol–water partition coefficient (Wildman–Crippen LogP) is 20.7. The van der Waals surface area contributed by atoms with Crippen molar-refractivity contribution in [2.45, 2.75) is 336 Å². The highest BCUT2D eigenvalue weighted by atomic mass is 79.9. The van der Waals surface area contributed by atoms with Crippen LogP contribution in [0.25, 0.3) is 0 Å². The lowest BCUT2D eigenvalue weighted by molar-refractivity contribution is -0.137. The SMILES string of the molecule is CCO.CC[C@@H]1CC(=O)C[C@H](CC)N1C(=O)OC(C)C.CC[C@@H]1CC(N)C[C@H](CC)N1C(=O)OC(C)C.CC[C@@H]1CC(NCc2ccccc2)C[C@H](CC)N1C(=O)OC(C)C.CC[C@@H]1CC(Nc2ncc(Br)cn2)C[C@H](CC)N1C(=O)OC(C)C.CO.Clc1ncc(Br)cn1.FC(F)(F)c1cc(Cl)cc(CBr)c1.NCc1ccccc1. The maximum absolute atomic E-state index is 12.5. The number of nitrogens with zero attached hydrogens (tertiary/aromatic N) is 8. The topological polar surface area (TPSA) is 303 Å². The summed E-state index contributed by atoms with van der Waals surface area (Å²) in [6.45, 7) is 35.3. The summed E-state index contributed by atoms with van der Waals surface area (Å²) in [6, 6.07) is 26.2. The van der Waals surface area contributed by atoms with E-state index in [2.05, 4.69) is 144 Å². The zero-order valence-corrected chi connectivity index (χ0v) is 77.7. The van der Waals surface area contributed by atoms with Gasteiger partial charge in [-0.3, -0.25) is 4.79 Å². The number of nitrogens with two attached hydrogens (primary N) is 2. The van der Waals surface area contributed by atoms with Crippen LogP contribution in [0.2, 0.25) is 10.3 Å². The normalized spacial score (nSPS) is 20.8. The van der Waals surface area contributed by atoms with Crippen molar-refractivity contribution in [3.8, 4) is 0 Å². The van der Waals surface area contributed by atoms with E-state index in [1.807, 2.05) is 120 Å². The lowest BCUT2D eigenvalue weighted by atomic mass is 9.89. The van der Waals surface area contributed by atoms with Gasteiger partial charge >= 0.3 is 30.5 Å². The Hall–Kier alpha value is -6.02. The highest BCUT2D eigenvalue weighted by Gasteiger charge is 2.42. The summed E-state index contributed by atoms with van der Waals surface area (Å²) in [4.78, 5) is 84.4. The van der Waals surface area contributed by atoms with Gasteiger partial charge in [0.25, 0.3) is 0 Å². The molecule has 31 heteroatoms. The van der Waals surface area contributed by atoms with Gasteiger partial charge in [-0.15, -0.1) is 0 Å². The molecule has 3 aromatic carbocycles. The monoisotopic (exact) mass is 1860 g/mol. The second-order valence-electron chi connectivity index (χ2n) is 29.3. The van der Waals surface area contributed by atoms with Crippen LogP contribution < -0.4 is 22.1 Å². The fourth-order valence-corrected chi connectivity index (χ4v) is 14.7. The first-order valence-corrected chi connectivity index (χ1v) is 44.1. The average molecular weight is 1870 g/mol. The van der Waals surface area contributed by atoms with E-state index in [1.54, 1.807) is 36.6 Å². The molecule has 4 saturated heterocycles. The zero-order chi connectivity index (χ0) is 87.8. The smallest absolute Gasteiger partial charge is 0.416 e. The number of likely N-dealkylation sites (tertiary alicyclic amines) is 4. The minimum absolute atomic E-state index is 0.00690. The Morgan fingerprint density at radius 1 is 0.517 bits per heavy atom. The van der Waals surface area contributed by atoms with Gasteiger partial charge < -0.3 is 70.9 Å². The summed E-state index contributed by atoms with van der Waals surface area (Å²) in [6.07, 6.45) is 14.9. The molecular formula is C85H134Br3Cl2F3N12O11. The van der Waals surface area contributed by atoms with E-state index in [9.17, 15) is 37.1 Å². The number of carbonyl (C=O) groups excluding carboxylic acids is 5. The van der Waals surface area contributed by atoms with Crippen LogP contribution in [0.5, 0.6) is 0 Å². The Bertz CT molecular complexity index is 3410. The number of hydrogen-bond donors (Lipinski definition) is 6. The first-order chi connectivity index (χ1) is 55.0. The number of hydrogen-bond acceptors (Lipinski definition) is 19. The first-order valence-electron chi connectivity index (χ1n) is 40.6. The second kappa shape index (κ2) is 59.6. The van der Waals surface area contributed by atoms with Crippen molar-refractivity contribution in [3.63, 3.8) is 0 Å². The predicted molar refractivity (Wildman–Crippen MR) is 470 cm³/mol. The lowest BCUT2D eigenvalue weighted by Gasteiger charge is -2.44. The molecule has 656 valence electrons. The second-order valence-corrected chi connectivity index (χ2v) is 32.4. The van der Waals surface area contributed by atoms with Crippen molar-refractivity contribution in [3.05, 3.63) is 145 Å². The third-order valence-electron chi connectivity index (χ3n) is 18.9. The molecule has 0 spiro atoms. The number of ether oxygens (including phenoxy) is 4. The molecule has 0 radical (unpaired) electrons. The molecule has 9 rings (SSSR count). The summed E-state index contributed by atoms with van der Waals surface area (Å²) in [5.41, 5.74) is 13.7. The number of halogens is 8. The number of carbonyl (C=O) groups is 5. The third-order valence-corrected chi connectivity index (χ3v) is 20.8. The van der Waals surface area contributed by atoms with Crippen LogP contribution in [0, 0.1) is 0 Å². The van der Waals surface area contributed by atoms with Crippen LogP contribution in [-0.2, 0) is 48.3 Å². The van der Waals surface area contributed by atoms with E-state index in [0.29, 0.717) is 42.3 Å². The quantitative estimate of drug-likeness (QED) is 0.0254. The molecule has 4 amide bonds. The number of ketones is 1. The molecule has 0 saturated carbocycles. The number of aromatic nitrogens is 4. The number of alkyl halides is 4. The van der Waals surface area contributed by atoms with Gasteiger partial charge in [0.2, 0.25) is 11.2 Å². The lowest BCUT2D eigenvalue weighted by Crippen LogP contribution is -2.56. The number of rotatable bonds is 19. The number of aliphatic hydroxyl groups is 2. The van der Waals surface area contributed by atoms with Crippen molar-refractivity contribution < 1.29 is 66.3 Å². The number of amides is 4. The van der Waals surface area contributed by atoms with E-state index in [0.717, 1.165) is 125 Å². The Kier molecular flexibility index (Phi) is 55.5. The van der Waals surface area contributed by atoms with Gasteiger partial charge in [0, 0.05) is 141 Å². The van der Waals surface area contributed by atoms with Crippen molar-refractivity contribution >= 4 is 107 Å². The summed E-state index contributed by atoms with van der Waals surface area (Å²) >= 11 is 20.5. The Labute approximate surface area is 724 Å². The van der Waals surface area contributed by atoms with Crippen LogP contribution in [0.1, 0.15) is 243 Å². The fraction of sp³-hybridized carbons (Fsp3) is 0.635. The van der Waals surface area contributed by atoms with E-state index < -0.39 is 11.7 Å². The zero-order valence-electron chi connectivity index (χ0n) is 71.4. The maximum Gasteiger partial charge on any atom is 0.416 e. The van der Waals surface area contributed by atoms with Crippen LogP contribution in [0.3, 0.4) is 0 Å². The fourth-order valence-electron chi connectivity index (χ4n) is 13.6. The van der Waals surface area contributed by atoms with E-state index >= 15 is 0 Å². The molecular weight excluding hydrogens is 1730 g/mol. The number of Topliss-reactive ketones (excluding diaryl/α,β-unsaturated/α-hetero) is 1. The highest BCUT2D eigenvalue weighted by molar-refractivity contribution is 9.10. The molecule has 6 heterocycles. The number of nitrogens with one attached hydrogen (secondary N) is 2. The standard InChI is InChI=1S/C20H32N2O2.C17H27BrN4O2.C13H26N2O2.C13H23NO3.C8H5BrClF3.C7H9N.C4H2BrClN2.C2H6O.CH4O/c1-5-18-12-17(21-14-16-10-8-7-9-11-16)13-19(6-2)22(18)20(23)24-15(3)4;1-5-14-7-13(21-16-19-9-12(18)10-20-16)8-15(6-2)22(14)17(23)24-11(3)4;1-5-11-7-10(14)8-12(6-2)15(11)13(16)17-9(3)4;1-5-10-7-12(15)8-11(6-2)14(10)13(16)17-9(3)4;9-4-5-1-6(8(11,12)13)3-7(10)2-5;8-6-7-4-2-1-3-5-7;5-3-1-7-4(6)8-2-3;1-2-3;1-2/h7-11,15,17-19,21H,5-6,12-14H2,1-4H3;9-11,13-15H,5-8H2,1-4H3,(H,19,20,21);9-12H,5-8,14H2,1-4H3;9-11H,5-8H2,1-4H3;1-3H,4H2;1-5H,6,8H2;1-2H;3H,2H2,1H3;2H,1H3/t17?,18-,19+;13?,14-,15+;10?,11-,12+;10-,11+;;;;;. The summed E-state index contributed by atoms with van der Waals surface area (Å²) < 4.78 is 59.9. The molecule has 3 unspecified atom stereocenters. The van der Waals surface area contributed by atoms with Gasteiger partial charge in [-0.1, -0.05) is 144 Å². The molecule has 4 aliphatic rings. The van der Waals surface area contributed by atoms with Gasteiger partial charge in [-0.2, -0.15) is 13.2 Å². The summed E-state index contributed by atoms with van der Waals surface area (Å²) in [5, 5.41) is 22.4. The molecule has 5 aromatic rings. The Morgan fingerprint density at radius 2 is 0.836 bits per heavy atom. The molecule has 0 aliphatic carbocycles. The molecule has 8 N–H and O–H groups in total. The highest BCUT2D eigenvalue weighted by Crippen LogP contribution is 2.35. The number of benzene rings is 3. The molecule has 116 heavy (non-hydrogen) atoms. The third kappa shape index (κ3) is 41.3. The maximum atomic E-state index is 12.5. The minimum atomic E-state index is -4.33. The minimum Gasteiger partial charge on any atom is -0.447 e. The summed E-state index contributed by atoms with van der Waals surface area (Å²) in [7, 11) is 1.00. The Morgan fingerprint density at radius 3 is 1.14 bits per heavy atom. The van der Waals surface area contributed by atoms with Crippen LogP contribution >= 0.6 is 71.0 Å². The van der Waals surface area contributed by atoms with Gasteiger partial charge in [0.05, 0.1) is 38.9 Å². The molecule has 11 atom stereocenters. The van der Waals surface area contributed by atoms with Crippen LogP contribution in [-0.4, -0.2) is 184 Å². The molecule has 23 nitrogen and oxygen atoms in total. The first kappa shape index (κ1) is 108. The van der Waals surface area contributed by atoms with E-state index in [1.165, 1.54) is 17.2 Å². The summed E-state index contributed by atoms with van der Waals surface area (Å²) in [5.74, 6) is 0.892. The van der Waals surface area contributed by atoms with Crippen molar-refractivity contribution in [1.29, 1.82) is 0 Å². The van der Waals surface area contributed by atoms with Crippen molar-refractivity contribution in [2.24, 2.45) is 11.5 Å². The van der Waals surface area contributed by atoms with E-state index in [4.69, 9.17) is 63.8 Å². The van der Waals surface area contributed by atoms with Crippen LogP contribution in [0.4, 0.5) is 38.3 Å². The van der Waals surface area contributed by atoms with Crippen LogP contribution in [0.15, 0.2) is 113 Å². The van der Waals surface area contributed by atoms with E-state index in [-0.39, 0.29) is 132 Å². The molecule has 4 aliphatic heterocycles. The van der Waals surface area contributed by atoms with Crippen molar-refractivity contribution in [2.75, 3.05) is 19.0 Å². The molecule has 2 aromatic heterocycles.